The molecule has 0 radical (unpaired) electrons. The van der Waals surface area contributed by atoms with Crippen LogP contribution in [-0.4, -0.2) is 63.9 Å². The van der Waals surface area contributed by atoms with E-state index in [0.29, 0.717) is 4.57 Å². The summed E-state index contributed by atoms with van der Waals surface area (Å²) < 4.78 is 50.8. The van der Waals surface area contributed by atoms with E-state index >= 15 is 0 Å². The molecule has 23 heteroatoms. The van der Waals surface area contributed by atoms with Gasteiger partial charge < -0.3 is 34.5 Å². The molecule has 20 nitrogen and oxygen atoms in total. The Bertz CT molecular complexity index is 1170. The highest BCUT2D eigenvalue weighted by atomic mass is 31.3. The van der Waals surface area contributed by atoms with Crippen LogP contribution in [0.4, 0.5) is 0 Å². The van der Waals surface area contributed by atoms with Crippen LogP contribution in [0.15, 0.2) is 27.0 Å². The minimum atomic E-state index is -5.87. The number of aromatic nitrogens is 2. The minimum absolute atomic E-state index is 0.564. The largest absolute Gasteiger partial charge is 0.490 e. The highest BCUT2D eigenvalue weighted by Gasteiger charge is 2.56. The van der Waals surface area contributed by atoms with Crippen molar-refractivity contribution >= 4 is 23.5 Å². The lowest BCUT2D eigenvalue weighted by Crippen LogP contribution is -2.44. The first-order chi connectivity index (χ1) is 14.5. The molecule has 0 amide bonds. The molecule has 1 saturated heterocycles. The Morgan fingerprint density at radius 3 is 2.34 bits per heavy atom. The quantitative estimate of drug-likeness (QED) is 0.0804. The number of rotatable bonds is 9. The molecule has 3 unspecified atom stereocenters. The van der Waals surface area contributed by atoms with E-state index in [2.05, 4.69) is 23.2 Å². The summed E-state index contributed by atoms with van der Waals surface area (Å²) in [6, 6.07) is 0.837. The van der Waals surface area contributed by atoms with Gasteiger partial charge in [0.1, 0.15) is 12.2 Å². The molecule has 1 aliphatic heterocycles. The number of phosphoric acid groups is 3. The molecule has 1 fully saturated rings. The van der Waals surface area contributed by atoms with Crippen molar-refractivity contribution < 1.29 is 61.4 Å². The molecule has 2 rings (SSSR count). The molecule has 180 valence electrons. The van der Waals surface area contributed by atoms with Crippen LogP contribution in [0.2, 0.25) is 0 Å². The summed E-state index contributed by atoms with van der Waals surface area (Å²) in [5, 5.41) is 23.5. The van der Waals surface area contributed by atoms with Crippen molar-refractivity contribution in [1.29, 1.82) is 0 Å². The topological polar surface area (TPSA) is 313 Å². The van der Waals surface area contributed by atoms with Crippen LogP contribution in [0.25, 0.3) is 10.4 Å². The van der Waals surface area contributed by atoms with Gasteiger partial charge in [0.05, 0.1) is 6.61 Å². The summed E-state index contributed by atoms with van der Waals surface area (Å²) in [6.07, 6.45) is -5.27. The highest BCUT2D eigenvalue weighted by molar-refractivity contribution is 7.66. The Morgan fingerprint density at radius 1 is 1.19 bits per heavy atom. The standard InChI is InChI=1S/C9H14N5O15P3/c10-13-12-9(3-26-31(22,23)29-32(24,25)28-30(19,20)21)6(17)5(16)7(27-9)14-2-1-4(15)11-8(14)18/h1-2,5-7,16-17H,3H2,(H,22,23)(H,24,25)(H,11,15,18)(H2,19,20,21)/t5-,6+,7?,9-/m1/s1. The second kappa shape index (κ2) is 9.26. The molecular weight excluding hydrogens is 511 g/mol. The first-order valence-electron chi connectivity index (χ1n) is 7.71. The number of nitrogens with one attached hydrogen (secondary N) is 1. The van der Waals surface area contributed by atoms with E-state index in [-0.39, 0.29) is 0 Å². The molecule has 0 aromatic carbocycles. The van der Waals surface area contributed by atoms with Crippen molar-refractivity contribution in [3.05, 3.63) is 43.5 Å². The molecular formula is C9H14N5O15P3. The van der Waals surface area contributed by atoms with Crippen LogP contribution in [0.3, 0.4) is 0 Å². The number of hydrogen-bond acceptors (Lipinski definition) is 12. The summed E-state index contributed by atoms with van der Waals surface area (Å²) in [5.41, 5.74) is 4.06. The first-order valence-corrected chi connectivity index (χ1v) is 12.2. The Hall–Kier alpha value is -1.72. The van der Waals surface area contributed by atoms with Crippen LogP contribution in [-0.2, 0) is 31.6 Å². The van der Waals surface area contributed by atoms with Crippen molar-refractivity contribution in [2.24, 2.45) is 5.11 Å². The van der Waals surface area contributed by atoms with Gasteiger partial charge in [0.15, 0.2) is 6.23 Å². The Morgan fingerprint density at radius 2 is 1.81 bits per heavy atom. The smallest absolute Gasteiger partial charge is 0.387 e. The van der Waals surface area contributed by atoms with Gasteiger partial charge in [-0.2, -0.15) is 8.62 Å². The number of phosphoric ester groups is 1. The number of hydrogen-bond donors (Lipinski definition) is 7. The van der Waals surface area contributed by atoms with Crippen LogP contribution < -0.4 is 11.2 Å². The minimum Gasteiger partial charge on any atom is -0.387 e. The van der Waals surface area contributed by atoms with Crippen molar-refractivity contribution in [2.45, 2.75) is 24.2 Å². The maximum atomic E-state index is 11.9. The average molecular weight is 525 g/mol. The predicted molar refractivity (Wildman–Crippen MR) is 95.2 cm³/mol. The van der Waals surface area contributed by atoms with Crippen molar-refractivity contribution in [2.75, 3.05) is 6.61 Å². The molecule has 32 heavy (non-hydrogen) atoms. The molecule has 0 aliphatic carbocycles. The van der Waals surface area contributed by atoms with E-state index in [1.54, 1.807) is 0 Å². The number of nitrogens with zero attached hydrogens (tertiary/aromatic N) is 4. The van der Waals surface area contributed by atoms with Gasteiger partial charge in [-0.05, 0) is 5.53 Å². The van der Waals surface area contributed by atoms with Gasteiger partial charge in [0.2, 0.25) is 5.72 Å². The Kier molecular flexibility index (Phi) is 7.68. The maximum absolute atomic E-state index is 11.9. The molecule has 0 spiro atoms. The maximum Gasteiger partial charge on any atom is 0.490 e. The van der Waals surface area contributed by atoms with E-state index in [1.165, 1.54) is 0 Å². The van der Waals surface area contributed by atoms with Gasteiger partial charge in [-0.15, -0.1) is 0 Å². The van der Waals surface area contributed by atoms with Crippen LogP contribution in [0, 0.1) is 0 Å². The van der Waals surface area contributed by atoms with Crippen molar-refractivity contribution in [3.8, 4) is 0 Å². The Balaban J connectivity index is 2.28. The van der Waals surface area contributed by atoms with Gasteiger partial charge in [-0.25, -0.2) is 18.5 Å². The third-order valence-corrected chi connectivity index (χ3v) is 7.38. The summed E-state index contributed by atoms with van der Waals surface area (Å²) >= 11 is 0. The van der Waals surface area contributed by atoms with E-state index < -0.39 is 65.5 Å². The second-order valence-corrected chi connectivity index (χ2v) is 10.3. The molecule has 1 aliphatic rings. The Labute approximate surface area is 174 Å². The molecule has 0 bridgehead atoms. The number of azide groups is 1. The molecule has 2 heterocycles. The lowest BCUT2D eigenvalue weighted by atomic mass is 10.1. The zero-order valence-corrected chi connectivity index (χ0v) is 17.8. The zero-order valence-electron chi connectivity index (χ0n) is 15.1. The molecule has 0 saturated carbocycles. The lowest BCUT2D eigenvalue weighted by Gasteiger charge is -2.27. The second-order valence-electron chi connectivity index (χ2n) is 5.86. The predicted octanol–water partition coefficient (Wildman–Crippen LogP) is -1.86. The number of aromatic amines is 1. The number of aliphatic hydroxyl groups is 2. The van der Waals surface area contributed by atoms with Gasteiger partial charge >= 0.3 is 29.2 Å². The third kappa shape index (κ3) is 6.41. The first kappa shape index (κ1) is 26.5. The molecule has 7 N–H and O–H groups in total. The summed E-state index contributed by atoms with van der Waals surface area (Å²) in [7, 11) is -17.2. The SMILES string of the molecule is [N-]=[N+]=N[C@]1(COP(=O)(O)OP(=O)(O)OP(=O)(O)O)OC(n2ccc(=O)[nH]c2=O)[C@H](O)[C@@H]1O. The molecule has 1 aromatic heterocycles. The van der Waals surface area contributed by atoms with Crippen molar-refractivity contribution in [3.63, 3.8) is 0 Å². The van der Waals surface area contributed by atoms with E-state index in [9.17, 15) is 38.4 Å². The molecule has 1 aromatic rings. The van der Waals surface area contributed by atoms with Gasteiger partial charge in [0.25, 0.3) is 5.56 Å². The highest BCUT2D eigenvalue weighted by Crippen LogP contribution is 2.66. The lowest BCUT2D eigenvalue weighted by molar-refractivity contribution is -0.123. The van der Waals surface area contributed by atoms with Crippen LogP contribution >= 0.6 is 23.5 Å². The summed E-state index contributed by atoms with van der Waals surface area (Å²) in [4.78, 5) is 62.8. The van der Waals surface area contributed by atoms with Gasteiger partial charge in [0, 0.05) is 17.2 Å². The van der Waals surface area contributed by atoms with Crippen LogP contribution in [0.5, 0.6) is 0 Å². The number of H-pyrrole nitrogens is 1. The normalized spacial score (nSPS) is 29.6. The van der Waals surface area contributed by atoms with Crippen molar-refractivity contribution in [1.82, 2.24) is 9.55 Å². The van der Waals surface area contributed by atoms with E-state index in [4.69, 9.17) is 24.9 Å². The molecule has 6 atom stereocenters. The fraction of sp³-hybridized carbons (Fsp3) is 0.556. The van der Waals surface area contributed by atoms with Gasteiger partial charge in [-0.1, -0.05) is 5.11 Å². The number of aliphatic hydroxyl groups excluding tert-OH is 2. The third-order valence-electron chi connectivity index (χ3n) is 3.59. The monoisotopic (exact) mass is 525 g/mol. The van der Waals surface area contributed by atoms with Gasteiger partial charge in [-0.3, -0.25) is 18.9 Å². The van der Waals surface area contributed by atoms with E-state index in [1.807, 2.05) is 4.98 Å². The summed E-state index contributed by atoms with van der Waals surface area (Å²) in [5.74, 6) is 0. The fourth-order valence-electron chi connectivity index (χ4n) is 2.40. The zero-order chi connectivity index (χ0) is 24.5. The number of ether oxygens (including phenoxy) is 1. The summed E-state index contributed by atoms with van der Waals surface area (Å²) in [6.45, 7) is -1.46. The van der Waals surface area contributed by atoms with E-state index in [0.717, 1.165) is 12.3 Å². The fourth-order valence-corrected chi connectivity index (χ4v) is 5.45. The average Bonchev–Trinajstić information content (AvgIpc) is 2.83. The van der Waals surface area contributed by atoms with Crippen LogP contribution in [0.1, 0.15) is 6.23 Å².